The molecule has 2 heteroatoms. The second-order valence-electron chi connectivity index (χ2n) is 5.11. The van der Waals surface area contributed by atoms with Crippen molar-refractivity contribution in [3.05, 3.63) is 52.5 Å². The van der Waals surface area contributed by atoms with Gasteiger partial charge >= 0.3 is 0 Å². The van der Waals surface area contributed by atoms with Crippen LogP contribution in [0, 0.1) is 13.8 Å². The average molecular weight is 252 g/mol. The van der Waals surface area contributed by atoms with Crippen molar-refractivity contribution in [2.45, 2.75) is 20.4 Å². The van der Waals surface area contributed by atoms with Crippen molar-refractivity contribution in [1.82, 2.24) is 0 Å². The highest BCUT2D eigenvalue weighted by Gasteiger charge is 2.30. The van der Waals surface area contributed by atoms with Crippen LogP contribution in [-0.2, 0) is 6.54 Å². The number of hydrogen-bond donors (Lipinski definition) is 0. The Bertz CT molecular complexity index is 783. The second-order valence-corrected chi connectivity index (χ2v) is 6.05. The van der Waals surface area contributed by atoms with E-state index in [0.29, 0.717) is 0 Å². The molecule has 1 nitrogen and oxygen atoms in total. The SMILES string of the molecule is Cc1cc(C)c2c(c1)C[n+]1ccc3sccc3c1-2. The van der Waals surface area contributed by atoms with Gasteiger partial charge in [-0.25, -0.2) is 0 Å². The summed E-state index contributed by atoms with van der Waals surface area (Å²) in [6, 6.07) is 9.10. The number of nitrogens with zero attached hydrogens (tertiary/aromatic N) is 1. The molecular formula is C16H14NS+. The van der Waals surface area contributed by atoms with Crippen LogP contribution < -0.4 is 4.57 Å². The van der Waals surface area contributed by atoms with E-state index >= 15 is 0 Å². The highest BCUT2D eigenvalue weighted by Crippen LogP contribution is 2.36. The first-order valence-electron chi connectivity index (χ1n) is 6.24. The number of benzene rings is 1. The highest BCUT2D eigenvalue weighted by atomic mass is 32.1. The number of rotatable bonds is 0. The van der Waals surface area contributed by atoms with Gasteiger partial charge in [-0.1, -0.05) is 11.6 Å². The summed E-state index contributed by atoms with van der Waals surface area (Å²) in [4.78, 5) is 0. The minimum Gasteiger partial charge on any atom is -0.193 e. The third kappa shape index (κ3) is 1.24. The number of thiophene rings is 1. The fourth-order valence-electron chi connectivity index (χ4n) is 3.15. The van der Waals surface area contributed by atoms with Crippen molar-refractivity contribution in [1.29, 1.82) is 0 Å². The van der Waals surface area contributed by atoms with E-state index in [4.69, 9.17) is 0 Å². The molecule has 0 bridgehead atoms. The van der Waals surface area contributed by atoms with Gasteiger partial charge in [-0.15, -0.1) is 11.3 Å². The standard InChI is InChI=1S/C16H14NS/c1-10-7-11(2)15-12(8-10)9-17-5-3-14-13(16(15)17)4-6-18-14/h3-8H,9H2,1-2H3/q+1. The number of fused-ring (bicyclic) bond motifs is 5. The zero-order valence-electron chi connectivity index (χ0n) is 10.5. The molecule has 0 saturated heterocycles. The lowest BCUT2D eigenvalue weighted by atomic mass is 9.97. The third-order valence-corrected chi connectivity index (χ3v) is 4.66. The predicted molar refractivity (Wildman–Crippen MR) is 76.0 cm³/mol. The molecule has 4 rings (SSSR count). The quantitative estimate of drug-likeness (QED) is 0.419. The summed E-state index contributed by atoms with van der Waals surface area (Å²) in [5.41, 5.74) is 7.08. The molecule has 0 radical (unpaired) electrons. The summed E-state index contributed by atoms with van der Waals surface area (Å²) < 4.78 is 3.76. The number of aryl methyl sites for hydroxylation is 2. The Labute approximate surface area is 110 Å². The Kier molecular flexibility index (Phi) is 1.95. The van der Waals surface area contributed by atoms with Crippen LogP contribution >= 0.6 is 11.3 Å². The molecule has 0 saturated carbocycles. The van der Waals surface area contributed by atoms with Crippen molar-refractivity contribution >= 4 is 21.4 Å². The van der Waals surface area contributed by atoms with Crippen LogP contribution in [-0.4, -0.2) is 0 Å². The first-order chi connectivity index (χ1) is 8.74. The lowest BCUT2D eigenvalue weighted by molar-refractivity contribution is -0.670. The summed E-state index contributed by atoms with van der Waals surface area (Å²) in [7, 11) is 0. The van der Waals surface area contributed by atoms with Crippen molar-refractivity contribution in [2.24, 2.45) is 0 Å². The Morgan fingerprint density at radius 3 is 2.94 bits per heavy atom. The largest absolute Gasteiger partial charge is 0.222 e. The van der Waals surface area contributed by atoms with E-state index in [1.54, 1.807) is 0 Å². The van der Waals surface area contributed by atoms with Crippen molar-refractivity contribution < 1.29 is 4.57 Å². The van der Waals surface area contributed by atoms with E-state index < -0.39 is 0 Å². The number of aromatic nitrogens is 1. The molecule has 0 fully saturated rings. The molecular weight excluding hydrogens is 238 g/mol. The molecule has 1 aliphatic heterocycles. The normalized spacial score (nSPS) is 12.8. The monoisotopic (exact) mass is 252 g/mol. The maximum absolute atomic E-state index is 2.38. The minimum absolute atomic E-state index is 1.01. The van der Waals surface area contributed by atoms with Gasteiger partial charge in [0.2, 0.25) is 5.69 Å². The Morgan fingerprint density at radius 2 is 2.06 bits per heavy atom. The summed E-state index contributed by atoms with van der Waals surface area (Å²) >= 11 is 1.82. The van der Waals surface area contributed by atoms with Crippen LogP contribution in [0.1, 0.15) is 16.7 Å². The predicted octanol–water partition coefficient (Wildman–Crippen LogP) is 3.83. The zero-order chi connectivity index (χ0) is 12.3. The first-order valence-corrected chi connectivity index (χ1v) is 7.12. The Hall–Kier alpha value is -1.67. The molecule has 3 heterocycles. The molecule has 88 valence electrons. The van der Waals surface area contributed by atoms with Gasteiger partial charge in [-0.2, -0.15) is 4.57 Å². The lowest BCUT2D eigenvalue weighted by Gasteiger charge is -2.02. The highest BCUT2D eigenvalue weighted by molar-refractivity contribution is 7.17. The first kappa shape index (κ1) is 10.3. The molecule has 0 unspecified atom stereocenters. The zero-order valence-corrected chi connectivity index (χ0v) is 11.3. The van der Waals surface area contributed by atoms with Crippen LogP contribution in [0.15, 0.2) is 35.8 Å². The maximum atomic E-state index is 2.38. The Morgan fingerprint density at radius 1 is 1.17 bits per heavy atom. The molecule has 2 aromatic heterocycles. The summed E-state index contributed by atoms with van der Waals surface area (Å²) in [6.07, 6.45) is 2.23. The van der Waals surface area contributed by atoms with Crippen molar-refractivity contribution in [2.75, 3.05) is 0 Å². The smallest absolute Gasteiger partial charge is 0.193 e. The fourth-order valence-corrected chi connectivity index (χ4v) is 3.93. The molecule has 0 spiro atoms. The van der Waals surface area contributed by atoms with Gasteiger partial charge in [-0.3, -0.25) is 0 Å². The van der Waals surface area contributed by atoms with Gasteiger partial charge < -0.3 is 0 Å². The van der Waals surface area contributed by atoms with Crippen molar-refractivity contribution in [3.8, 4) is 11.3 Å². The molecule has 0 atom stereocenters. The van der Waals surface area contributed by atoms with E-state index in [1.807, 2.05) is 11.3 Å². The van der Waals surface area contributed by atoms with E-state index in [9.17, 15) is 0 Å². The summed E-state index contributed by atoms with van der Waals surface area (Å²) in [6.45, 7) is 5.42. The van der Waals surface area contributed by atoms with Crippen LogP contribution in [0.3, 0.4) is 0 Å². The van der Waals surface area contributed by atoms with Crippen LogP contribution in [0.25, 0.3) is 21.3 Å². The van der Waals surface area contributed by atoms with Crippen molar-refractivity contribution in [3.63, 3.8) is 0 Å². The molecule has 0 aliphatic carbocycles. The summed E-state index contributed by atoms with van der Waals surface area (Å²) in [5, 5.41) is 3.58. The van der Waals surface area contributed by atoms with E-state index in [2.05, 4.69) is 54.3 Å². The van der Waals surface area contributed by atoms with Gasteiger partial charge in [0.1, 0.15) is 0 Å². The van der Waals surface area contributed by atoms with Gasteiger partial charge in [0.25, 0.3) is 0 Å². The molecule has 1 aliphatic rings. The number of hydrogen-bond acceptors (Lipinski definition) is 1. The lowest BCUT2D eigenvalue weighted by Crippen LogP contribution is -2.31. The fraction of sp³-hybridized carbons (Fsp3) is 0.188. The molecule has 18 heavy (non-hydrogen) atoms. The van der Waals surface area contributed by atoms with Crippen LogP contribution in [0.4, 0.5) is 0 Å². The van der Waals surface area contributed by atoms with E-state index in [-0.39, 0.29) is 0 Å². The third-order valence-electron chi connectivity index (χ3n) is 3.78. The maximum Gasteiger partial charge on any atom is 0.222 e. The van der Waals surface area contributed by atoms with Gasteiger partial charge in [0.05, 0.1) is 10.9 Å². The van der Waals surface area contributed by atoms with Gasteiger partial charge in [-0.05, 0) is 36.9 Å². The summed E-state index contributed by atoms with van der Waals surface area (Å²) in [5.74, 6) is 0. The average Bonchev–Trinajstić information content (AvgIpc) is 2.89. The van der Waals surface area contributed by atoms with Gasteiger partial charge in [0.15, 0.2) is 12.7 Å². The molecule has 0 amide bonds. The van der Waals surface area contributed by atoms with Crippen LogP contribution in [0.5, 0.6) is 0 Å². The molecule has 1 aromatic carbocycles. The number of pyridine rings is 1. The Balaban J connectivity index is 2.16. The van der Waals surface area contributed by atoms with Crippen LogP contribution in [0.2, 0.25) is 0 Å². The topological polar surface area (TPSA) is 3.88 Å². The molecule has 3 aromatic rings. The van der Waals surface area contributed by atoms with E-state index in [1.165, 1.54) is 38.0 Å². The van der Waals surface area contributed by atoms with E-state index in [0.717, 1.165) is 6.54 Å². The molecule has 0 N–H and O–H groups in total. The second kappa shape index (κ2) is 3.42. The minimum atomic E-state index is 1.01. The van der Waals surface area contributed by atoms with Gasteiger partial charge in [0, 0.05) is 16.3 Å².